The lowest BCUT2D eigenvalue weighted by Crippen LogP contribution is -2.57. The minimum Gasteiger partial charge on any atom is -0.497 e. The van der Waals surface area contributed by atoms with E-state index >= 15 is 4.79 Å². The number of amides is 3. The third kappa shape index (κ3) is 7.67. The Hall–Kier alpha value is -7.30. The monoisotopic (exact) mass is 869 g/mol. The van der Waals surface area contributed by atoms with Gasteiger partial charge >= 0.3 is 18.0 Å². The molecule has 3 N–H and O–H groups in total. The number of carbonyl (C=O) groups excluding carboxylic acids is 3. The Morgan fingerprint density at radius 3 is 2.14 bits per heavy atom. The lowest BCUT2D eigenvalue weighted by atomic mass is 9.65. The number of hydrogen-bond acceptors (Lipinski definition) is 9. The number of aliphatic hydroxyl groups excluding tert-OH is 1. The molecule has 0 saturated carbocycles. The fraction of sp³-hybridized carbons (Fsp3) is 0.245. The van der Waals surface area contributed by atoms with Crippen LogP contribution < -0.4 is 15.0 Å². The minimum absolute atomic E-state index is 0.0964. The molecule has 2 saturated heterocycles. The fourth-order valence-electron chi connectivity index (χ4n) is 10.0. The molecular weight excluding hydrogens is 823 g/mol. The van der Waals surface area contributed by atoms with Crippen LogP contribution in [0, 0.1) is 17.8 Å². The molecular formula is C53H47N3O9. The Balaban J connectivity index is 1.29. The van der Waals surface area contributed by atoms with Gasteiger partial charge in [-0.2, -0.15) is 0 Å². The molecule has 3 unspecified atom stereocenters. The summed E-state index contributed by atoms with van der Waals surface area (Å²) in [5.74, 6) is 2.25. The Kier molecular flexibility index (Phi) is 11.9. The second kappa shape index (κ2) is 18.1. The number of imide groups is 1. The van der Waals surface area contributed by atoms with Crippen LogP contribution in [0.15, 0.2) is 157 Å². The van der Waals surface area contributed by atoms with Gasteiger partial charge in [-0.1, -0.05) is 121 Å². The van der Waals surface area contributed by atoms with Gasteiger partial charge in [-0.05, 0) is 83.6 Å². The van der Waals surface area contributed by atoms with Crippen molar-refractivity contribution in [1.29, 1.82) is 0 Å². The van der Waals surface area contributed by atoms with Crippen LogP contribution in [-0.2, 0) is 29.3 Å². The molecule has 328 valence electrons. The van der Waals surface area contributed by atoms with Crippen molar-refractivity contribution >= 4 is 29.6 Å². The molecule has 12 nitrogen and oxygen atoms in total. The van der Waals surface area contributed by atoms with Crippen LogP contribution in [-0.4, -0.2) is 77.5 Å². The Bertz CT molecular complexity index is 2730. The number of carboxylic acid groups (broad SMARTS) is 1. The molecule has 3 aliphatic heterocycles. The number of aliphatic hydroxyl groups is 1. The maximum Gasteiger partial charge on any atom is 0.329 e. The molecule has 4 aliphatic rings. The SMILES string of the molecule is COc1ccc(C#Cc2ccc3c(c2)[C@]2(C(=O)N3C(=O)NC(C)c3ccccc3)[C@H](C3=CCC(OCCO)C=C3)N3C(C(=O)O[C@@H](c4ccccc4)[C@H]3c3ccccc3)[C@@H]2C(=O)O)cc1. The van der Waals surface area contributed by atoms with Gasteiger partial charge < -0.3 is 29.7 Å². The number of nitrogens with zero attached hydrogens (tertiary/aromatic N) is 2. The Morgan fingerprint density at radius 1 is 0.862 bits per heavy atom. The van der Waals surface area contributed by atoms with Crippen molar-refractivity contribution in [3.63, 3.8) is 0 Å². The number of fused-ring (bicyclic) bond motifs is 3. The van der Waals surface area contributed by atoms with Gasteiger partial charge in [0.15, 0.2) is 0 Å². The van der Waals surface area contributed by atoms with Gasteiger partial charge in [0.05, 0.1) is 50.2 Å². The molecule has 3 heterocycles. The number of nitrogens with one attached hydrogen (secondary N) is 1. The number of ether oxygens (including phenoxy) is 3. The van der Waals surface area contributed by atoms with Gasteiger partial charge in [-0.15, -0.1) is 0 Å². The number of rotatable bonds is 10. The number of anilines is 1. The highest BCUT2D eigenvalue weighted by atomic mass is 16.6. The van der Waals surface area contributed by atoms with E-state index in [0.29, 0.717) is 34.4 Å². The maximum absolute atomic E-state index is 16.2. The topological polar surface area (TPSA) is 155 Å². The van der Waals surface area contributed by atoms with Gasteiger partial charge in [-0.3, -0.25) is 19.3 Å². The number of aliphatic carboxylic acids is 1. The molecule has 0 bridgehead atoms. The molecule has 65 heavy (non-hydrogen) atoms. The smallest absolute Gasteiger partial charge is 0.329 e. The molecule has 3 amide bonds. The van der Waals surface area contributed by atoms with Crippen LogP contribution in [0.3, 0.4) is 0 Å². The summed E-state index contributed by atoms with van der Waals surface area (Å²) in [5, 5.41) is 24.2. The minimum atomic E-state index is -2.11. The highest BCUT2D eigenvalue weighted by Gasteiger charge is 2.76. The second-order valence-electron chi connectivity index (χ2n) is 16.5. The molecule has 1 aliphatic carbocycles. The molecule has 0 radical (unpaired) electrons. The zero-order valence-electron chi connectivity index (χ0n) is 35.7. The van der Waals surface area contributed by atoms with Crippen molar-refractivity contribution in [2.24, 2.45) is 5.92 Å². The van der Waals surface area contributed by atoms with Gasteiger partial charge in [-0.25, -0.2) is 9.69 Å². The van der Waals surface area contributed by atoms with Crippen molar-refractivity contribution in [3.8, 4) is 17.6 Å². The summed E-state index contributed by atoms with van der Waals surface area (Å²) < 4.78 is 17.6. The molecule has 12 heteroatoms. The second-order valence-corrected chi connectivity index (χ2v) is 16.5. The first-order chi connectivity index (χ1) is 31.6. The highest BCUT2D eigenvalue weighted by Crippen LogP contribution is 2.62. The lowest BCUT2D eigenvalue weighted by molar-refractivity contribution is -0.179. The van der Waals surface area contributed by atoms with Gasteiger partial charge in [0.2, 0.25) is 5.91 Å². The first-order valence-electron chi connectivity index (χ1n) is 21.6. The summed E-state index contributed by atoms with van der Waals surface area (Å²) in [5.41, 5.74) is 2.19. The van der Waals surface area contributed by atoms with Crippen molar-refractivity contribution in [2.75, 3.05) is 25.2 Å². The molecule has 2 fully saturated rings. The number of cyclic esters (lactones) is 1. The predicted molar refractivity (Wildman–Crippen MR) is 242 cm³/mol. The summed E-state index contributed by atoms with van der Waals surface area (Å²) in [6.07, 6.45) is 4.50. The Labute approximate surface area is 376 Å². The van der Waals surface area contributed by atoms with Crippen LogP contribution in [0.2, 0.25) is 0 Å². The van der Waals surface area contributed by atoms with Crippen LogP contribution in [0.4, 0.5) is 10.5 Å². The van der Waals surface area contributed by atoms with Crippen LogP contribution in [0.5, 0.6) is 5.75 Å². The summed E-state index contributed by atoms with van der Waals surface area (Å²) in [6.45, 7) is 1.72. The number of morpholine rings is 1. The van der Waals surface area contributed by atoms with E-state index in [9.17, 15) is 24.6 Å². The van der Waals surface area contributed by atoms with Crippen molar-refractivity contribution in [3.05, 3.63) is 191 Å². The number of carbonyl (C=O) groups is 4. The Morgan fingerprint density at radius 2 is 1.51 bits per heavy atom. The number of esters is 1. The highest BCUT2D eigenvalue weighted by molar-refractivity contribution is 6.24. The van der Waals surface area contributed by atoms with Crippen molar-refractivity contribution in [1.82, 2.24) is 10.2 Å². The third-order valence-electron chi connectivity index (χ3n) is 12.8. The lowest BCUT2D eigenvalue weighted by Gasteiger charge is -2.46. The summed E-state index contributed by atoms with van der Waals surface area (Å²) in [4.78, 5) is 63.2. The van der Waals surface area contributed by atoms with E-state index in [1.165, 1.54) is 0 Å². The largest absolute Gasteiger partial charge is 0.497 e. The number of carboxylic acids is 1. The van der Waals surface area contributed by atoms with Gasteiger partial charge in [0, 0.05) is 11.1 Å². The number of urea groups is 1. The van der Waals surface area contributed by atoms with Crippen LogP contribution >= 0.6 is 0 Å². The van der Waals surface area contributed by atoms with E-state index in [2.05, 4.69) is 17.2 Å². The van der Waals surface area contributed by atoms with E-state index in [-0.39, 0.29) is 24.5 Å². The number of methoxy groups -OCH3 is 1. The first-order valence-corrected chi connectivity index (χ1v) is 21.6. The van der Waals surface area contributed by atoms with E-state index < -0.39 is 71.6 Å². The van der Waals surface area contributed by atoms with E-state index in [1.807, 2.05) is 120 Å². The van der Waals surface area contributed by atoms with Gasteiger partial charge in [0.25, 0.3) is 0 Å². The molecule has 5 aromatic carbocycles. The van der Waals surface area contributed by atoms with E-state index in [4.69, 9.17) is 14.2 Å². The number of benzene rings is 5. The van der Waals surface area contributed by atoms with E-state index in [1.54, 1.807) is 50.4 Å². The molecule has 5 aromatic rings. The summed E-state index contributed by atoms with van der Waals surface area (Å²) in [7, 11) is 1.58. The maximum atomic E-state index is 16.2. The molecule has 9 rings (SSSR count). The summed E-state index contributed by atoms with van der Waals surface area (Å²) in [6, 6.07) is 35.4. The fourth-order valence-corrected chi connectivity index (χ4v) is 10.0. The van der Waals surface area contributed by atoms with Crippen molar-refractivity contribution in [2.45, 2.75) is 55.1 Å². The zero-order valence-corrected chi connectivity index (χ0v) is 35.7. The zero-order chi connectivity index (χ0) is 45.2. The summed E-state index contributed by atoms with van der Waals surface area (Å²) >= 11 is 0. The normalized spacial score (nSPS) is 24.8. The average molecular weight is 870 g/mol. The van der Waals surface area contributed by atoms with Crippen molar-refractivity contribution < 1.29 is 43.6 Å². The standard InChI is InChI=1S/C53H47N3O9/c1-33(36-12-6-3-7-13-36)54-52(62)55-43-29-22-35(19-18-34-20-25-40(63-2)26-21-34)32-42(43)53(51(55)61)44(49(58)59)46-50(60)65-47(38-16-10-5-11-17-38)45(37-14-8-4-9-15-37)56(46)48(53)39-23-27-41(28-24-39)64-31-30-57/h3-17,20-27,29,32-33,41,44-48,57H,28,30-31H2,1-2H3,(H,54,62)(H,58,59)/t33?,41?,44-,45-,46?,47+,48+,53-/m1/s1. The molecule has 1 spiro atoms. The molecule has 0 aromatic heterocycles. The number of hydrogen-bond donors (Lipinski definition) is 3. The van der Waals surface area contributed by atoms with Crippen LogP contribution in [0.25, 0.3) is 0 Å². The van der Waals surface area contributed by atoms with E-state index in [0.717, 1.165) is 16.0 Å². The first kappa shape index (κ1) is 43.0. The predicted octanol–water partition coefficient (Wildman–Crippen LogP) is 7.21. The quantitative estimate of drug-likeness (QED) is 0.0970. The molecule has 8 atom stereocenters. The average Bonchev–Trinajstić information content (AvgIpc) is 3.80. The van der Waals surface area contributed by atoms with Crippen LogP contribution in [0.1, 0.15) is 64.9 Å². The van der Waals surface area contributed by atoms with Gasteiger partial charge in [0.1, 0.15) is 29.2 Å². The third-order valence-corrected chi connectivity index (χ3v) is 12.8.